The van der Waals surface area contributed by atoms with E-state index in [1.807, 2.05) is 6.07 Å². The van der Waals surface area contributed by atoms with Crippen molar-refractivity contribution in [3.8, 4) is 0 Å². The van der Waals surface area contributed by atoms with Crippen LogP contribution >= 0.6 is 15.9 Å². The summed E-state index contributed by atoms with van der Waals surface area (Å²) in [6.07, 6.45) is -3.02. The fourth-order valence-corrected chi connectivity index (χ4v) is 2.87. The van der Waals surface area contributed by atoms with Gasteiger partial charge in [-0.05, 0) is 36.4 Å². The van der Waals surface area contributed by atoms with Crippen LogP contribution in [0.4, 0.5) is 23.2 Å². The number of nitrogens with one attached hydrogen (secondary N) is 2. The maximum absolute atomic E-state index is 13.4. The molecule has 3 nitrogen and oxygen atoms in total. The van der Waals surface area contributed by atoms with Crippen molar-refractivity contribution in [1.82, 2.24) is 4.98 Å². The fourth-order valence-electron chi connectivity index (χ4n) is 2.28. The van der Waals surface area contributed by atoms with E-state index in [9.17, 15) is 22.4 Å². The van der Waals surface area contributed by atoms with Crippen molar-refractivity contribution in [3.63, 3.8) is 0 Å². The van der Waals surface area contributed by atoms with Gasteiger partial charge in [-0.25, -0.2) is 4.39 Å². The van der Waals surface area contributed by atoms with E-state index in [1.165, 1.54) is 0 Å². The number of fused-ring (bicyclic) bond motifs is 1. The molecule has 0 aliphatic heterocycles. The molecule has 0 bridgehead atoms. The maximum Gasteiger partial charge on any atom is 0.416 e. The summed E-state index contributed by atoms with van der Waals surface area (Å²) in [5, 5.41) is 3.35. The first kappa shape index (κ1) is 16.5. The summed E-state index contributed by atoms with van der Waals surface area (Å²) in [6, 6.07) is 6.78. The van der Waals surface area contributed by atoms with Gasteiger partial charge in [0.2, 0.25) is 0 Å². The van der Waals surface area contributed by atoms with Crippen molar-refractivity contribution in [2.24, 2.45) is 0 Å². The molecule has 0 aliphatic rings. The minimum Gasteiger partial charge on any atom is -0.361 e. The first-order valence-corrected chi connectivity index (χ1v) is 7.49. The van der Waals surface area contributed by atoms with Crippen LogP contribution in [0.15, 0.2) is 47.1 Å². The second-order valence-electron chi connectivity index (χ2n) is 5.08. The van der Waals surface area contributed by atoms with E-state index in [4.69, 9.17) is 0 Å². The number of halogens is 5. The number of carbonyl (C=O) groups excluding carboxylic acids is 1. The lowest BCUT2D eigenvalue weighted by Gasteiger charge is -2.10. The van der Waals surface area contributed by atoms with Crippen molar-refractivity contribution in [1.29, 1.82) is 0 Å². The van der Waals surface area contributed by atoms with Gasteiger partial charge in [-0.1, -0.05) is 15.9 Å². The zero-order valence-electron chi connectivity index (χ0n) is 11.8. The Morgan fingerprint density at radius 3 is 2.58 bits per heavy atom. The predicted octanol–water partition coefficient (Wildman–Crippen LogP) is 5.34. The number of anilines is 1. The number of aromatic nitrogens is 1. The molecule has 24 heavy (non-hydrogen) atoms. The lowest BCUT2D eigenvalue weighted by Crippen LogP contribution is -2.14. The third-order valence-electron chi connectivity index (χ3n) is 3.36. The van der Waals surface area contributed by atoms with Crippen molar-refractivity contribution in [3.05, 3.63) is 64.0 Å². The minimum atomic E-state index is -4.73. The molecule has 8 heteroatoms. The molecule has 0 spiro atoms. The number of rotatable bonds is 2. The Balaban J connectivity index is 1.93. The quantitative estimate of drug-likeness (QED) is 0.560. The number of hydrogen-bond donors (Lipinski definition) is 2. The lowest BCUT2D eigenvalue weighted by atomic mass is 10.1. The largest absolute Gasteiger partial charge is 0.416 e. The highest BCUT2D eigenvalue weighted by Gasteiger charge is 2.32. The molecule has 1 aromatic heterocycles. The summed E-state index contributed by atoms with van der Waals surface area (Å²) in [7, 11) is 0. The van der Waals surface area contributed by atoms with Crippen LogP contribution in [-0.4, -0.2) is 10.9 Å². The van der Waals surface area contributed by atoms with Gasteiger partial charge >= 0.3 is 6.18 Å². The van der Waals surface area contributed by atoms with Crippen LogP contribution in [0.2, 0.25) is 0 Å². The molecule has 2 N–H and O–H groups in total. The number of benzene rings is 2. The van der Waals surface area contributed by atoms with Gasteiger partial charge in [0, 0.05) is 32.8 Å². The van der Waals surface area contributed by atoms with Crippen LogP contribution in [0.5, 0.6) is 0 Å². The predicted molar refractivity (Wildman–Crippen MR) is 85.4 cm³/mol. The molecular weight excluding hydrogens is 392 g/mol. The smallest absolute Gasteiger partial charge is 0.361 e. The molecule has 0 aliphatic carbocycles. The third-order valence-corrected chi connectivity index (χ3v) is 4.02. The molecule has 124 valence electrons. The second kappa shape index (κ2) is 5.94. The number of carbonyl (C=O) groups is 1. The molecule has 0 atom stereocenters. The van der Waals surface area contributed by atoms with Gasteiger partial charge in [0.1, 0.15) is 5.82 Å². The summed E-state index contributed by atoms with van der Waals surface area (Å²) in [5.41, 5.74) is -0.534. The van der Waals surface area contributed by atoms with Gasteiger partial charge < -0.3 is 10.3 Å². The number of aromatic amines is 1. The molecule has 0 saturated carbocycles. The summed E-state index contributed by atoms with van der Waals surface area (Å²) in [4.78, 5) is 15.1. The molecule has 1 amide bonds. The standard InChI is InChI=1S/C16H9BrF4N2O/c17-13-6-11(7-14-12(13)1-2-22-14)23-15(24)8-3-9(16(19,20)21)5-10(18)4-8/h1-7,22H,(H,23,24). The van der Waals surface area contributed by atoms with E-state index in [0.717, 1.165) is 17.0 Å². The Labute approximate surface area is 141 Å². The Kier molecular flexibility index (Phi) is 4.08. The third kappa shape index (κ3) is 3.28. The van der Waals surface area contributed by atoms with Crippen molar-refractivity contribution < 1.29 is 22.4 Å². The van der Waals surface area contributed by atoms with E-state index in [2.05, 4.69) is 26.2 Å². The molecule has 1 heterocycles. The molecule has 3 rings (SSSR count). The van der Waals surface area contributed by atoms with Gasteiger partial charge in [0.05, 0.1) is 5.56 Å². The monoisotopic (exact) mass is 400 g/mol. The SMILES string of the molecule is O=C(Nc1cc(Br)c2cc[nH]c2c1)c1cc(F)cc(C(F)(F)F)c1. The lowest BCUT2D eigenvalue weighted by molar-refractivity contribution is -0.137. The van der Waals surface area contributed by atoms with Crippen LogP contribution < -0.4 is 5.32 Å². The topological polar surface area (TPSA) is 44.9 Å². The fraction of sp³-hybridized carbons (Fsp3) is 0.0625. The van der Waals surface area contributed by atoms with E-state index >= 15 is 0 Å². The Bertz CT molecular complexity index is 933. The van der Waals surface area contributed by atoms with Crippen molar-refractivity contribution in [2.75, 3.05) is 5.32 Å². The first-order valence-electron chi connectivity index (χ1n) is 6.70. The molecule has 0 fully saturated rings. The van der Waals surface area contributed by atoms with E-state index in [1.54, 1.807) is 18.3 Å². The Hall–Kier alpha value is -2.35. The Morgan fingerprint density at radius 2 is 1.88 bits per heavy atom. The molecule has 0 radical (unpaired) electrons. The number of H-pyrrole nitrogens is 1. The molecule has 0 unspecified atom stereocenters. The zero-order chi connectivity index (χ0) is 17.5. The summed E-state index contributed by atoms with van der Waals surface area (Å²) < 4.78 is 52.3. The molecular formula is C16H9BrF4N2O. The van der Waals surface area contributed by atoms with Crippen LogP contribution in [0.1, 0.15) is 15.9 Å². The minimum absolute atomic E-state index is 0.346. The number of amides is 1. The Morgan fingerprint density at radius 1 is 1.12 bits per heavy atom. The van der Waals surface area contributed by atoms with Gasteiger partial charge in [-0.3, -0.25) is 4.79 Å². The maximum atomic E-state index is 13.4. The van der Waals surface area contributed by atoms with E-state index in [-0.39, 0.29) is 0 Å². The van der Waals surface area contributed by atoms with Crippen molar-refractivity contribution in [2.45, 2.75) is 6.18 Å². The first-order chi connectivity index (χ1) is 11.2. The van der Waals surface area contributed by atoms with Crippen LogP contribution in [0, 0.1) is 5.82 Å². The van der Waals surface area contributed by atoms with E-state index < -0.39 is 29.0 Å². The summed E-state index contributed by atoms with van der Waals surface area (Å²) in [5.74, 6) is -1.96. The molecule has 2 aromatic carbocycles. The molecule has 3 aromatic rings. The molecule has 0 saturated heterocycles. The normalized spacial score (nSPS) is 11.7. The number of alkyl halides is 3. The van der Waals surface area contributed by atoms with Gasteiger partial charge in [0.15, 0.2) is 0 Å². The highest BCUT2D eigenvalue weighted by atomic mass is 79.9. The van der Waals surface area contributed by atoms with Crippen LogP contribution in [0.25, 0.3) is 10.9 Å². The summed E-state index contributed by atoms with van der Waals surface area (Å²) in [6.45, 7) is 0. The van der Waals surface area contributed by atoms with Gasteiger partial charge in [-0.15, -0.1) is 0 Å². The van der Waals surface area contributed by atoms with Crippen LogP contribution in [-0.2, 0) is 6.18 Å². The van der Waals surface area contributed by atoms with Gasteiger partial charge in [0.25, 0.3) is 5.91 Å². The average Bonchev–Trinajstić information content (AvgIpc) is 2.94. The summed E-state index contributed by atoms with van der Waals surface area (Å²) >= 11 is 3.34. The van der Waals surface area contributed by atoms with E-state index in [0.29, 0.717) is 22.3 Å². The van der Waals surface area contributed by atoms with Gasteiger partial charge in [-0.2, -0.15) is 13.2 Å². The number of hydrogen-bond acceptors (Lipinski definition) is 1. The highest BCUT2D eigenvalue weighted by Crippen LogP contribution is 2.31. The van der Waals surface area contributed by atoms with Crippen molar-refractivity contribution >= 4 is 38.4 Å². The second-order valence-corrected chi connectivity index (χ2v) is 5.93. The zero-order valence-corrected chi connectivity index (χ0v) is 13.4. The highest BCUT2D eigenvalue weighted by molar-refractivity contribution is 9.10. The average molecular weight is 401 g/mol. The van der Waals surface area contributed by atoms with Crippen LogP contribution in [0.3, 0.4) is 0 Å².